The van der Waals surface area contributed by atoms with Gasteiger partial charge in [-0.2, -0.15) is 6.42 Å². The standard InChI is InChI=1S/C12H23O.C4H6O4.Na/c1-2-3-4-5-6-7-8-9-10-11-12-13;5-3(6)1-2-4(7)8;/h2-11H2,1H3;1-2H2,(H,5,6)(H,7,8);/q-1;;+1. The van der Waals surface area contributed by atoms with Crippen LogP contribution in [0, 0.1) is 0 Å². The molecule has 0 saturated heterocycles. The van der Waals surface area contributed by atoms with Gasteiger partial charge in [0.2, 0.25) is 0 Å². The van der Waals surface area contributed by atoms with E-state index in [-0.39, 0.29) is 42.4 Å². The molecular weight excluding hydrogens is 295 g/mol. The summed E-state index contributed by atoms with van der Waals surface area (Å²) < 4.78 is 0. The number of carboxylic acid groups (broad SMARTS) is 2. The molecule has 0 bridgehead atoms. The minimum Gasteiger partial charge on any atom is -0.542 e. The van der Waals surface area contributed by atoms with E-state index in [0.29, 0.717) is 6.42 Å². The number of unbranched alkanes of at least 4 members (excludes halogenated alkanes) is 9. The maximum absolute atomic E-state index is 9.89. The summed E-state index contributed by atoms with van der Waals surface area (Å²) in [6.07, 6.45) is 13.8. The Morgan fingerprint density at radius 2 is 1.14 bits per heavy atom. The Hall–Kier alpha value is -0.390. The van der Waals surface area contributed by atoms with E-state index < -0.39 is 11.9 Å². The number of rotatable bonds is 13. The van der Waals surface area contributed by atoms with E-state index in [1.165, 1.54) is 51.4 Å². The summed E-state index contributed by atoms with van der Waals surface area (Å²) in [4.78, 5) is 29.2. The molecule has 0 amide bonds. The van der Waals surface area contributed by atoms with Crippen molar-refractivity contribution in [1.29, 1.82) is 0 Å². The van der Waals surface area contributed by atoms with Gasteiger partial charge in [0.05, 0.1) is 12.8 Å². The average molecular weight is 324 g/mol. The van der Waals surface area contributed by atoms with Gasteiger partial charge in [0.1, 0.15) is 0 Å². The molecule has 0 spiro atoms. The summed E-state index contributed by atoms with van der Waals surface area (Å²) in [6, 6.07) is 0. The first kappa shape index (κ1) is 26.5. The van der Waals surface area contributed by atoms with Crippen LogP contribution in [0.3, 0.4) is 0 Å². The molecule has 22 heavy (non-hydrogen) atoms. The van der Waals surface area contributed by atoms with Crippen LogP contribution in [0.5, 0.6) is 0 Å². The molecule has 6 heteroatoms. The van der Waals surface area contributed by atoms with Gasteiger partial charge in [-0.3, -0.25) is 15.9 Å². The summed E-state index contributed by atoms with van der Waals surface area (Å²) in [5.41, 5.74) is 0. The number of carbonyl (C=O) groups is 2. The zero-order chi connectivity index (χ0) is 16.3. The molecule has 0 aromatic heterocycles. The molecule has 124 valence electrons. The molecule has 0 saturated carbocycles. The van der Waals surface area contributed by atoms with E-state index in [1.54, 1.807) is 0 Å². The summed E-state index contributed by atoms with van der Waals surface area (Å²) >= 11 is 0. The van der Waals surface area contributed by atoms with Crippen LogP contribution in [-0.4, -0.2) is 28.4 Å². The predicted octanol–water partition coefficient (Wildman–Crippen LogP) is 0.957. The molecule has 0 aromatic rings. The van der Waals surface area contributed by atoms with E-state index in [1.807, 2.05) is 6.29 Å². The minimum atomic E-state index is -1.08. The SMILES string of the molecule is CCCCCCCCCCC[C-]=O.O=C(O)CCC(=O)O.[Na+]. The Labute approximate surface area is 156 Å². The summed E-state index contributed by atoms with van der Waals surface area (Å²) in [5.74, 6) is -2.15. The Morgan fingerprint density at radius 3 is 1.45 bits per heavy atom. The topological polar surface area (TPSA) is 91.7 Å². The van der Waals surface area contributed by atoms with Crippen molar-refractivity contribution in [2.24, 2.45) is 0 Å². The van der Waals surface area contributed by atoms with Crippen molar-refractivity contribution in [3.63, 3.8) is 0 Å². The van der Waals surface area contributed by atoms with E-state index in [2.05, 4.69) is 6.92 Å². The van der Waals surface area contributed by atoms with Crippen LogP contribution in [0.1, 0.15) is 84.0 Å². The number of carbonyl (C=O) groups excluding carboxylic acids is 1. The number of carboxylic acids is 2. The second-order valence-electron chi connectivity index (χ2n) is 5.01. The second-order valence-corrected chi connectivity index (χ2v) is 5.01. The van der Waals surface area contributed by atoms with Gasteiger partial charge in [-0.1, -0.05) is 64.7 Å². The smallest absolute Gasteiger partial charge is 0.542 e. The van der Waals surface area contributed by atoms with Gasteiger partial charge in [-0.05, 0) is 0 Å². The molecule has 0 aliphatic carbocycles. The first-order valence-electron chi connectivity index (χ1n) is 7.83. The van der Waals surface area contributed by atoms with Crippen LogP contribution in [0.15, 0.2) is 0 Å². The van der Waals surface area contributed by atoms with Crippen molar-refractivity contribution >= 4 is 18.2 Å². The van der Waals surface area contributed by atoms with Crippen LogP contribution in [0.4, 0.5) is 0 Å². The van der Waals surface area contributed by atoms with E-state index in [4.69, 9.17) is 10.2 Å². The van der Waals surface area contributed by atoms with E-state index >= 15 is 0 Å². The third-order valence-corrected chi connectivity index (χ3v) is 2.94. The van der Waals surface area contributed by atoms with Crippen molar-refractivity contribution in [3.8, 4) is 0 Å². The Balaban J connectivity index is -0.000000348. The molecule has 0 aromatic carbocycles. The van der Waals surface area contributed by atoms with Crippen molar-refractivity contribution in [2.45, 2.75) is 84.0 Å². The van der Waals surface area contributed by atoms with Crippen molar-refractivity contribution in [3.05, 3.63) is 0 Å². The first-order chi connectivity index (χ1) is 10.0. The number of hydrogen-bond donors (Lipinski definition) is 2. The Bertz CT molecular complexity index is 255. The third-order valence-electron chi connectivity index (χ3n) is 2.94. The van der Waals surface area contributed by atoms with E-state index in [9.17, 15) is 14.4 Å². The fraction of sp³-hybridized carbons (Fsp3) is 0.812. The van der Waals surface area contributed by atoms with Crippen LogP contribution in [0.25, 0.3) is 0 Å². The first-order valence-corrected chi connectivity index (χ1v) is 7.83. The molecule has 0 radical (unpaired) electrons. The third kappa shape index (κ3) is 31.8. The monoisotopic (exact) mass is 324 g/mol. The molecule has 2 N–H and O–H groups in total. The molecule has 0 atom stereocenters. The van der Waals surface area contributed by atoms with Gasteiger partial charge in [0.25, 0.3) is 0 Å². The Morgan fingerprint density at radius 1 is 0.773 bits per heavy atom. The zero-order valence-electron chi connectivity index (χ0n) is 14.1. The number of aliphatic carboxylic acids is 2. The maximum Gasteiger partial charge on any atom is 1.00 e. The van der Waals surface area contributed by atoms with Gasteiger partial charge in [0.15, 0.2) is 0 Å². The molecule has 0 aliphatic rings. The predicted molar refractivity (Wildman–Crippen MR) is 82.0 cm³/mol. The molecule has 0 unspecified atom stereocenters. The maximum atomic E-state index is 9.89. The van der Waals surface area contributed by atoms with Crippen molar-refractivity contribution in [1.82, 2.24) is 0 Å². The van der Waals surface area contributed by atoms with Crippen LogP contribution >= 0.6 is 0 Å². The van der Waals surface area contributed by atoms with Gasteiger partial charge >= 0.3 is 41.5 Å². The quantitative estimate of drug-likeness (QED) is 0.299. The summed E-state index contributed by atoms with van der Waals surface area (Å²) in [5, 5.41) is 15.8. The summed E-state index contributed by atoms with van der Waals surface area (Å²) in [6.45, 7) is 2.25. The Kier molecular flexibility index (Phi) is 27.6. The van der Waals surface area contributed by atoms with Crippen LogP contribution in [0.2, 0.25) is 0 Å². The molecule has 0 fully saturated rings. The van der Waals surface area contributed by atoms with Crippen LogP contribution in [-0.2, 0) is 14.4 Å². The van der Waals surface area contributed by atoms with Gasteiger partial charge in [-0.15, -0.1) is 0 Å². The largest absolute Gasteiger partial charge is 1.00 e. The van der Waals surface area contributed by atoms with E-state index in [0.717, 1.165) is 6.42 Å². The van der Waals surface area contributed by atoms with Crippen LogP contribution < -0.4 is 29.6 Å². The molecule has 0 heterocycles. The molecule has 5 nitrogen and oxygen atoms in total. The van der Waals surface area contributed by atoms with Crippen molar-refractivity contribution < 1.29 is 54.2 Å². The van der Waals surface area contributed by atoms with Gasteiger partial charge in [-0.25, -0.2) is 0 Å². The van der Waals surface area contributed by atoms with Gasteiger partial charge < -0.3 is 15.0 Å². The normalized spacial score (nSPS) is 9.14. The molecular formula is C16H29NaO5. The fourth-order valence-corrected chi connectivity index (χ4v) is 1.72. The molecule has 0 aliphatic heterocycles. The minimum absolute atomic E-state index is 0. The van der Waals surface area contributed by atoms with Crippen molar-refractivity contribution in [2.75, 3.05) is 0 Å². The second kappa shape index (κ2) is 22.9. The average Bonchev–Trinajstić information content (AvgIpc) is 2.44. The summed E-state index contributed by atoms with van der Waals surface area (Å²) in [7, 11) is 0. The molecule has 0 rings (SSSR count). The number of hydrogen-bond acceptors (Lipinski definition) is 3. The fourth-order valence-electron chi connectivity index (χ4n) is 1.72. The zero-order valence-corrected chi connectivity index (χ0v) is 16.1. The van der Waals surface area contributed by atoms with Gasteiger partial charge in [0, 0.05) is 0 Å².